The Morgan fingerprint density at radius 1 is 1.12 bits per heavy atom. The third-order valence-corrected chi connectivity index (χ3v) is 5.74. The quantitative estimate of drug-likeness (QED) is 0.608. The Labute approximate surface area is 152 Å². The maximum absolute atomic E-state index is 3.70. The summed E-state index contributed by atoms with van der Waals surface area (Å²) in [5.41, 5.74) is 6.84. The number of nitrogens with one attached hydrogen (secondary N) is 1. The fourth-order valence-corrected chi connectivity index (χ4v) is 4.23. The molecule has 4 rings (SSSR count). The second kappa shape index (κ2) is 6.05. The number of nitrogens with zero attached hydrogens (tertiary/aromatic N) is 1. The average molecular weight is 383 g/mol. The molecule has 124 valence electrons. The maximum atomic E-state index is 3.70. The molecule has 0 aliphatic carbocycles. The monoisotopic (exact) mass is 382 g/mol. The molecule has 0 saturated heterocycles. The summed E-state index contributed by atoms with van der Waals surface area (Å²) in [5, 5.41) is 1.36. The van der Waals surface area contributed by atoms with Crippen molar-refractivity contribution in [2.24, 2.45) is 0 Å². The van der Waals surface area contributed by atoms with E-state index in [0.717, 1.165) is 17.4 Å². The number of H-pyrrole nitrogens is 1. The third kappa shape index (κ3) is 2.60. The molecule has 1 atom stereocenters. The highest BCUT2D eigenvalue weighted by atomic mass is 79.9. The summed E-state index contributed by atoms with van der Waals surface area (Å²) in [6.45, 7) is 5.58. The molecule has 1 N–H and O–H groups in total. The van der Waals surface area contributed by atoms with Crippen LogP contribution in [0.1, 0.15) is 48.2 Å². The molecule has 2 aromatic carbocycles. The molecule has 0 bridgehead atoms. The van der Waals surface area contributed by atoms with Crippen molar-refractivity contribution in [1.82, 2.24) is 9.88 Å². The Morgan fingerprint density at radius 2 is 1.88 bits per heavy atom. The van der Waals surface area contributed by atoms with Crippen LogP contribution < -0.4 is 0 Å². The van der Waals surface area contributed by atoms with E-state index in [4.69, 9.17) is 0 Å². The van der Waals surface area contributed by atoms with Crippen LogP contribution in [0.15, 0.2) is 46.9 Å². The van der Waals surface area contributed by atoms with Gasteiger partial charge in [-0.1, -0.05) is 54.0 Å². The summed E-state index contributed by atoms with van der Waals surface area (Å²) in [5.74, 6) is 0.573. The van der Waals surface area contributed by atoms with Crippen molar-refractivity contribution in [3.05, 3.63) is 69.3 Å². The van der Waals surface area contributed by atoms with Gasteiger partial charge in [-0.15, -0.1) is 0 Å². The van der Waals surface area contributed by atoms with Crippen LogP contribution >= 0.6 is 15.9 Å². The number of likely N-dealkylation sites (N-methyl/N-ethyl adjacent to an activating group) is 1. The molecule has 0 spiro atoms. The Kier molecular flexibility index (Phi) is 4.01. The van der Waals surface area contributed by atoms with E-state index in [2.05, 4.69) is 89.2 Å². The van der Waals surface area contributed by atoms with E-state index in [1.807, 2.05) is 0 Å². The van der Waals surface area contributed by atoms with Gasteiger partial charge in [0, 0.05) is 27.6 Å². The van der Waals surface area contributed by atoms with E-state index in [-0.39, 0.29) is 0 Å². The zero-order chi connectivity index (χ0) is 16.8. The van der Waals surface area contributed by atoms with E-state index in [9.17, 15) is 0 Å². The van der Waals surface area contributed by atoms with Gasteiger partial charge in [-0.3, -0.25) is 4.90 Å². The highest BCUT2D eigenvalue weighted by Gasteiger charge is 2.29. The number of hydrogen-bond donors (Lipinski definition) is 1. The van der Waals surface area contributed by atoms with Gasteiger partial charge in [0.05, 0.1) is 6.04 Å². The summed E-state index contributed by atoms with van der Waals surface area (Å²) < 4.78 is 1.15. The minimum absolute atomic E-state index is 0.307. The molecule has 1 aromatic heterocycles. The number of hydrogen-bond acceptors (Lipinski definition) is 1. The van der Waals surface area contributed by atoms with Crippen LogP contribution in [-0.2, 0) is 6.42 Å². The molecule has 1 aliphatic heterocycles. The molecule has 1 aliphatic rings. The molecule has 2 nitrogen and oxygen atoms in total. The van der Waals surface area contributed by atoms with Crippen molar-refractivity contribution in [2.45, 2.75) is 32.2 Å². The Hall–Kier alpha value is -1.58. The number of aromatic amines is 1. The largest absolute Gasteiger partial charge is 0.357 e. The lowest BCUT2D eigenvalue weighted by Gasteiger charge is -2.33. The summed E-state index contributed by atoms with van der Waals surface area (Å²) >= 11 is 3.61. The van der Waals surface area contributed by atoms with E-state index in [1.54, 1.807) is 0 Å². The van der Waals surface area contributed by atoms with Crippen LogP contribution in [0.2, 0.25) is 0 Å². The lowest BCUT2D eigenvalue weighted by molar-refractivity contribution is 0.261. The first-order valence-corrected chi connectivity index (χ1v) is 9.44. The highest BCUT2D eigenvalue weighted by molar-refractivity contribution is 9.10. The normalized spacial score (nSPS) is 18.3. The first-order chi connectivity index (χ1) is 11.5. The zero-order valence-electron chi connectivity index (χ0n) is 14.4. The number of benzene rings is 2. The van der Waals surface area contributed by atoms with Crippen LogP contribution in [0.4, 0.5) is 0 Å². The highest BCUT2D eigenvalue weighted by Crippen LogP contribution is 2.38. The predicted octanol–water partition coefficient (Wildman–Crippen LogP) is 5.63. The van der Waals surface area contributed by atoms with Gasteiger partial charge in [-0.05, 0) is 54.3 Å². The molecule has 0 amide bonds. The first kappa shape index (κ1) is 15.9. The summed E-state index contributed by atoms with van der Waals surface area (Å²) in [6, 6.07) is 16.0. The van der Waals surface area contributed by atoms with Crippen molar-refractivity contribution < 1.29 is 0 Å². The molecular formula is C21H23BrN2. The molecular weight excluding hydrogens is 360 g/mol. The molecule has 0 fully saturated rings. The van der Waals surface area contributed by atoms with Gasteiger partial charge in [-0.2, -0.15) is 0 Å². The van der Waals surface area contributed by atoms with Crippen LogP contribution in [0.25, 0.3) is 10.9 Å². The predicted molar refractivity (Wildman–Crippen MR) is 105 cm³/mol. The van der Waals surface area contributed by atoms with Crippen LogP contribution in [0.3, 0.4) is 0 Å². The molecule has 3 aromatic rings. The fraction of sp³-hybridized carbons (Fsp3) is 0.333. The van der Waals surface area contributed by atoms with Gasteiger partial charge in [0.1, 0.15) is 0 Å². The fourth-order valence-electron chi connectivity index (χ4n) is 3.87. The SMILES string of the molecule is CC(C)c1ccc(C2c3[nH]c4ccc(Br)cc4c3CCN2C)cc1. The van der Waals surface area contributed by atoms with E-state index < -0.39 is 0 Å². The van der Waals surface area contributed by atoms with Crippen molar-refractivity contribution in [2.75, 3.05) is 13.6 Å². The number of rotatable bonds is 2. The maximum Gasteiger partial charge on any atom is 0.0754 e. The number of aromatic nitrogens is 1. The number of fused-ring (bicyclic) bond motifs is 3. The molecule has 1 unspecified atom stereocenters. The molecule has 0 radical (unpaired) electrons. The van der Waals surface area contributed by atoms with Gasteiger partial charge >= 0.3 is 0 Å². The smallest absolute Gasteiger partial charge is 0.0754 e. The summed E-state index contributed by atoms with van der Waals surface area (Å²) in [6.07, 6.45) is 1.10. The van der Waals surface area contributed by atoms with E-state index >= 15 is 0 Å². The molecule has 2 heterocycles. The standard InChI is InChI=1S/C21H23BrN2/c1-13(2)14-4-6-15(7-5-14)21-20-17(10-11-24(21)3)18-12-16(22)8-9-19(18)23-20/h4-9,12-13,21,23H,10-11H2,1-3H3. The average Bonchev–Trinajstić information content (AvgIpc) is 2.92. The topological polar surface area (TPSA) is 19.0 Å². The van der Waals surface area contributed by atoms with Crippen molar-refractivity contribution in [1.29, 1.82) is 0 Å². The number of halogens is 1. The second-order valence-corrected chi connectivity index (χ2v) is 8.08. The van der Waals surface area contributed by atoms with Crippen LogP contribution in [0, 0.1) is 0 Å². The lowest BCUT2D eigenvalue weighted by Crippen LogP contribution is -2.32. The minimum atomic E-state index is 0.307. The Morgan fingerprint density at radius 3 is 2.58 bits per heavy atom. The first-order valence-electron chi connectivity index (χ1n) is 8.64. The third-order valence-electron chi connectivity index (χ3n) is 5.25. The van der Waals surface area contributed by atoms with Gasteiger partial charge in [0.25, 0.3) is 0 Å². The van der Waals surface area contributed by atoms with E-state index in [0.29, 0.717) is 12.0 Å². The second-order valence-electron chi connectivity index (χ2n) is 7.16. The van der Waals surface area contributed by atoms with Crippen molar-refractivity contribution >= 4 is 26.8 Å². The summed E-state index contributed by atoms with van der Waals surface area (Å²) in [7, 11) is 2.23. The van der Waals surface area contributed by atoms with Gasteiger partial charge in [0.15, 0.2) is 0 Å². The summed E-state index contributed by atoms with van der Waals surface area (Å²) in [4.78, 5) is 6.15. The zero-order valence-corrected chi connectivity index (χ0v) is 16.0. The van der Waals surface area contributed by atoms with Crippen molar-refractivity contribution in [3.63, 3.8) is 0 Å². The van der Waals surface area contributed by atoms with Gasteiger partial charge < -0.3 is 4.98 Å². The molecule has 24 heavy (non-hydrogen) atoms. The minimum Gasteiger partial charge on any atom is -0.357 e. The molecule has 0 saturated carbocycles. The van der Waals surface area contributed by atoms with Gasteiger partial charge in [-0.25, -0.2) is 0 Å². The molecule has 3 heteroatoms. The van der Waals surface area contributed by atoms with Crippen LogP contribution in [0.5, 0.6) is 0 Å². The van der Waals surface area contributed by atoms with Crippen molar-refractivity contribution in [3.8, 4) is 0 Å². The van der Waals surface area contributed by atoms with Crippen LogP contribution in [-0.4, -0.2) is 23.5 Å². The van der Waals surface area contributed by atoms with E-state index in [1.165, 1.54) is 33.3 Å². The Bertz CT molecular complexity index is 877. The Balaban J connectivity index is 1.83. The lowest BCUT2D eigenvalue weighted by atomic mass is 9.91. The van der Waals surface area contributed by atoms with Gasteiger partial charge in [0.2, 0.25) is 0 Å².